The summed E-state index contributed by atoms with van der Waals surface area (Å²) < 4.78 is 26.8. The molecule has 2 rings (SSSR count). The van der Waals surface area contributed by atoms with Crippen molar-refractivity contribution in [3.63, 3.8) is 0 Å². The normalized spacial score (nSPS) is 12.0. The number of rotatable bonds is 5. The zero-order chi connectivity index (χ0) is 14.0. The predicted octanol–water partition coefficient (Wildman–Crippen LogP) is 2.59. The Morgan fingerprint density at radius 3 is 2.63 bits per heavy atom. The van der Waals surface area contributed by atoms with Crippen LogP contribution in [0.5, 0.6) is 0 Å². The Morgan fingerprint density at radius 2 is 2.11 bits per heavy atom. The van der Waals surface area contributed by atoms with Gasteiger partial charge in [-0.05, 0) is 12.0 Å². The van der Waals surface area contributed by atoms with Gasteiger partial charge in [-0.15, -0.1) is 22.7 Å². The van der Waals surface area contributed by atoms with Crippen LogP contribution in [-0.2, 0) is 16.6 Å². The van der Waals surface area contributed by atoms with E-state index < -0.39 is 10.0 Å². The summed E-state index contributed by atoms with van der Waals surface area (Å²) in [5.74, 6) is 0.277. The van der Waals surface area contributed by atoms with Crippen LogP contribution < -0.4 is 10.5 Å². The van der Waals surface area contributed by atoms with Gasteiger partial charge in [0.25, 0.3) is 10.0 Å². The molecule has 0 fully saturated rings. The van der Waals surface area contributed by atoms with Crippen molar-refractivity contribution in [3.05, 3.63) is 27.4 Å². The standard InChI is InChI=1S/C11H15N3O2S3/c1-7(2)10-6-18-11(13-10)14-19(15,16)9-3-8(4-12)17-5-9/h3,5-7H,4,12H2,1-2H3,(H,13,14). The molecule has 0 spiro atoms. The van der Waals surface area contributed by atoms with Gasteiger partial charge >= 0.3 is 0 Å². The number of nitrogens with zero attached hydrogens (tertiary/aromatic N) is 1. The van der Waals surface area contributed by atoms with E-state index in [1.54, 1.807) is 11.4 Å². The first kappa shape index (κ1) is 14.4. The minimum absolute atomic E-state index is 0.235. The van der Waals surface area contributed by atoms with E-state index in [4.69, 9.17) is 5.73 Å². The van der Waals surface area contributed by atoms with Gasteiger partial charge in [0.05, 0.1) is 10.6 Å². The second-order valence-electron chi connectivity index (χ2n) is 4.29. The molecule has 5 nitrogen and oxygen atoms in total. The number of hydrogen-bond donors (Lipinski definition) is 2. The Morgan fingerprint density at radius 1 is 1.37 bits per heavy atom. The molecule has 2 aromatic rings. The van der Waals surface area contributed by atoms with Gasteiger partial charge in [-0.1, -0.05) is 13.8 Å². The molecule has 0 aliphatic rings. The predicted molar refractivity (Wildman–Crippen MR) is 79.2 cm³/mol. The summed E-state index contributed by atoms with van der Waals surface area (Å²) in [4.78, 5) is 5.33. The molecular formula is C11H15N3O2S3. The summed E-state index contributed by atoms with van der Waals surface area (Å²) in [6.07, 6.45) is 0. The van der Waals surface area contributed by atoms with Gasteiger partial charge in [-0.3, -0.25) is 4.72 Å². The molecule has 0 atom stereocenters. The third kappa shape index (κ3) is 3.33. The molecule has 104 valence electrons. The first-order valence-corrected chi connectivity index (χ1v) is 8.92. The molecular weight excluding hydrogens is 302 g/mol. The van der Waals surface area contributed by atoms with Crippen LogP contribution in [-0.4, -0.2) is 13.4 Å². The smallest absolute Gasteiger partial charge is 0.264 e. The molecule has 0 bridgehead atoms. The van der Waals surface area contributed by atoms with E-state index in [9.17, 15) is 8.42 Å². The average molecular weight is 317 g/mol. The molecule has 0 aromatic carbocycles. The van der Waals surface area contributed by atoms with Gasteiger partial charge in [-0.2, -0.15) is 0 Å². The van der Waals surface area contributed by atoms with E-state index in [-0.39, 0.29) is 10.8 Å². The molecule has 19 heavy (non-hydrogen) atoms. The number of thiazole rings is 1. The zero-order valence-corrected chi connectivity index (χ0v) is 13.0. The lowest BCUT2D eigenvalue weighted by atomic mass is 10.2. The van der Waals surface area contributed by atoms with Crippen LogP contribution in [0.1, 0.15) is 30.3 Å². The Balaban J connectivity index is 2.20. The minimum atomic E-state index is -3.56. The van der Waals surface area contributed by atoms with Crippen LogP contribution in [0.3, 0.4) is 0 Å². The SMILES string of the molecule is CC(C)c1csc(NS(=O)(=O)c2csc(CN)c2)n1. The Kier molecular flexibility index (Phi) is 4.24. The lowest BCUT2D eigenvalue weighted by Gasteiger charge is -2.02. The monoisotopic (exact) mass is 317 g/mol. The van der Waals surface area contributed by atoms with Crippen LogP contribution >= 0.6 is 22.7 Å². The highest BCUT2D eigenvalue weighted by molar-refractivity contribution is 7.93. The molecule has 0 aliphatic heterocycles. The summed E-state index contributed by atoms with van der Waals surface area (Å²) in [5, 5.41) is 3.84. The first-order chi connectivity index (χ1) is 8.92. The molecule has 8 heteroatoms. The maximum absolute atomic E-state index is 12.1. The van der Waals surface area contributed by atoms with Crippen molar-refractivity contribution >= 4 is 37.8 Å². The number of nitrogens with one attached hydrogen (secondary N) is 1. The fourth-order valence-electron chi connectivity index (χ4n) is 1.38. The highest BCUT2D eigenvalue weighted by atomic mass is 32.2. The van der Waals surface area contributed by atoms with Gasteiger partial charge in [0.1, 0.15) is 0 Å². The second kappa shape index (κ2) is 5.58. The third-order valence-electron chi connectivity index (χ3n) is 2.48. The van der Waals surface area contributed by atoms with Crippen LogP contribution in [0.25, 0.3) is 0 Å². The number of thiophene rings is 1. The Hall–Kier alpha value is -0.960. The number of nitrogens with two attached hydrogens (primary N) is 1. The summed E-state index contributed by atoms with van der Waals surface area (Å²) in [6.45, 7) is 4.37. The fraction of sp³-hybridized carbons (Fsp3) is 0.364. The van der Waals surface area contributed by atoms with E-state index >= 15 is 0 Å². The van der Waals surface area contributed by atoms with Gasteiger partial charge in [0, 0.05) is 22.2 Å². The van der Waals surface area contributed by atoms with Crippen LogP contribution in [0.2, 0.25) is 0 Å². The lowest BCUT2D eigenvalue weighted by Crippen LogP contribution is -2.12. The molecule has 0 saturated carbocycles. The Bertz CT molecular complexity index is 658. The van der Waals surface area contributed by atoms with Gasteiger partial charge in [0.15, 0.2) is 5.13 Å². The zero-order valence-electron chi connectivity index (χ0n) is 10.6. The first-order valence-electron chi connectivity index (χ1n) is 5.68. The molecule has 0 aliphatic carbocycles. The molecule has 0 amide bonds. The van der Waals surface area contributed by atoms with Crippen LogP contribution in [0.4, 0.5) is 5.13 Å². The van der Waals surface area contributed by atoms with Crippen molar-refractivity contribution in [2.24, 2.45) is 5.73 Å². The van der Waals surface area contributed by atoms with Crippen molar-refractivity contribution in [2.75, 3.05) is 4.72 Å². The van der Waals surface area contributed by atoms with E-state index in [0.29, 0.717) is 11.7 Å². The van der Waals surface area contributed by atoms with Crippen molar-refractivity contribution < 1.29 is 8.42 Å². The minimum Gasteiger partial charge on any atom is -0.326 e. The molecule has 2 aromatic heterocycles. The molecule has 3 N–H and O–H groups in total. The highest BCUT2D eigenvalue weighted by Gasteiger charge is 2.18. The van der Waals surface area contributed by atoms with Crippen LogP contribution in [0, 0.1) is 0 Å². The van der Waals surface area contributed by atoms with Gasteiger partial charge in [-0.25, -0.2) is 13.4 Å². The molecule has 2 heterocycles. The fourth-order valence-corrected chi connectivity index (χ4v) is 4.66. The Labute approximate surface area is 120 Å². The van der Waals surface area contributed by atoms with Crippen molar-refractivity contribution in [1.82, 2.24) is 4.98 Å². The molecule has 0 radical (unpaired) electrons. The van der Waals surface area contributed by atoms with E-state index in [0.717, 1.165) is 10.6 Å². The topological polar surface area (TPSA) is 85.1 Å². The number of sulfonamides is 1. The number of anilines is 1. The summed E-state index contributed by atoms with van der Waals surface area (Å²) in [6, 6.07) is 1.59. The summed E-state index contributed by atoms with van der Waals surface area (Å²) >= 11 is 2.63. The van der Waals surface area contributed by atoms with Crippen molar-refractivity contribution in [3.8, 4) is 0 Å². The maximum atomic E-state index is 12.1. The highest BCUT2D eigenvalue weighted by Crippen LogP contribution is 2.25. The summed E-state index contributed by atoms with van der Waals surface area (Å²) in [5.41, 5.74) is 6.37. The largest absolute Gasteiger partial charge is 0.326 e. The van der Waals surface area contributed by atoms with E-state index in [1.807, 2.05) is 19.2 Å². The van der Waals surface area contributed by atoms with E-state index in [2.05, 4.69) is 9.71 Å². The van der Waals surface area contributed by atoms with Gasteiger partial charge < -0.3 is 5.73 Å². The van der Waals surface area contributed by atoms with E-state index in [1.165, 1.54) is 22.7 Å². The van der Waals surface area contributed by atoms with Crippen molar-refractivity contribution in [1.29, 1.82) is 0 Å². The second-order valence-corrected chi connectivity index (χ2v) is 7.83. The number of aromatic nitrogens is 1. The quantitative estimate of drug-likeness (QED) is 0.887. The third-order valence-corrected chi connectivity index (χ3v) is 5.81. The molecule has 0 saturated heterocycles. The number of hydrogen-bond acceptors (Lipinski definition) is 6. The van der Waals surface area contributed by atoms with Crippen molar-refractivity contribution in [2.45, 2.75) is 31.2 Å². The maximum Gasteiger partial charge on any atom is 0.264 e. The summed E-state index contributed by atoms with van der Waals surface area (Å²) in [7, 11) is -3.56. The lowest BCUT2D eigenvalue weighted by molar-refractivity contribution is 0.601. The van der Waals surface area contributed by atoms with Gasteiger partial charge in [0.2, 0.25) is 0 Å². The molecule has 0 unspecified atom stereocenters. The van der Waals surface area contributed by atoms with Crippen LogP contribution in [0.15, 0.2) is 21.7 Å². The average Bonchev–Trinajstić information content (AvgIpc) is 2.96.